The zero-order chi connectivity index (χ0) is 9.40. The molecule has 1 atom stereocenters. The van der Waals surface area contributed by atoms with Crippen molar-refractivity contribution < 1.29 is 14.0 Å². The van der Waals surface area contributed by atoms with E-state index in [-0.39, 0.29) is 0 Å². The third-order valence-corrected chi connectivity index (χ3v) is 1.90. The van der Waals surface area contributed by atoms with E-state index in [1.165, 1.54) is 6.26 Å². The van der Waals surface area contributed by atoms with Crippen LogP contribution in [0.5, 0.6) is 0 Å². The van der Waals surface area contributed by atoms with Gasteiger partial charge < -0.3 is 0 Å². The van der Waals surface area contributed by atoms with Crippen LogP contribution in [-0.4, -0.2) is 4.89 Å². The first-order valence-electron chi connectivity index (χ1n) is 4.21. The van der Waals surface area contributed by atoms with Crippen LogP contribution < -0.4 is 0 Å². The number of unbranched alkanes of at least 4 members (excludes halogenated alkanes) is 1. The molecule has 0 rings (SSSR count). The molecule has 4 heteroatoms. The van der Waals surface area contributed by atoms with Crippen LogP contribution in [0.3, 0.4) is 0 Å². The molecule has 3 nitrogen and oxygen atoms in total. The van der Waals surface area contributed by atoms with Crippen molar-refractivity contribution in [2.45, 2.75) is 39.5 Å². The first-order valence-corrected chi connectivity index (χ1v) is 5.34. The van der Waals surface area contributed by atoms with Gasteiger partial charge in [-0.25, -0.2) is 4.52 Å². The average molecular weight is 191 g/mol. The lowest BCUT2D eigenvalue weighted by Gasteiger charge is -1.98. The summed E-state index contributed by atoms with van der Waals surface area (Å²) in [6.45, 7) is 4.12. The Morgan fingerprint density at radius 3 is 2.67 bits per heavy atom. The summed E-state index contributed by atoms with van der Waals surface area (Å²) >= 11 is 0. The van der Waals surface area contributed by atoms with Crippen molar-refractivity contribution in [2.75, 3.05) is 0 Å². The fourth-order valence-electron chi connectivity index (χ4n) is 0.842. The van der Waals surface area contributed by atoms with Gasteiger partial charge in [0.2, 0.25) is 0 Å². The van der Waals surface area contributed by atoms with Gasteiger partial charge in [-0.1, -0.05) is 20.3 Å². The van der Waals surface area contributed by atoms with E-state index >= 15 is 0 Å². The van der Waals surface area contributed by atoms with Crippen LogP contribution in [0.15, 0.2) is 11.8 Å². The topological polar surface area (TPSA) is 46.5 Å². The first kappa shape index (κ1) is 11.6. The van der Waals surface area contributed by atoms with Crippen molar-refractivity contribution >= 4 is 8.25 Å². The zero-order valence-corrected chi connectivity index (χ0v) is 8.51. The summed E-state index contributed by atoms with van der Waals surface area (Å²) < 4.78 is 14.7. The second kappa shape index (κ2) is 7.26. The lowest BCUT2D eigenvalue weighted by Crippen LogP contribution is -1.82. The van der Waals surface area contributed by atoms with Gasteiger partial charge in [0, 0.05) is 4.57 Å². The molecule has 1 N–H and O–H groups in total. The lowest BCUT2D eigenvalue weighted by molar-refractivity contribution is 0.374. The molecule has 1 unspecified atom stereocenters. The van der Waals surface area contributed by atoms with Crippen LogP contribution in [0.1, 0.15) is 39.5 Å². The molecule has 0 saturated carbocycles. The number of hydrogen-bond donors (Lipinski definition) is 1. The Morgan fingerprint density at radius 2 is 2.25 bits per heavy atom. The predicted molar refractivity (Wildman–Crippen MR) is 48.8 cm³/mol. The SMILES string of the molecule is CCCCC(=CO[P+](=O)O)CC. The number of rotatable bonds is 6. The fourth-order valence-corrected chi connectivity index (χ4v) is 1.08. The lowest BCUT2D eigenvalue weighted by atomic mass is 10.1. The largest absolute Gasteiger partial charge is 0.746 e. The highest BCUT2D eigenvalue weighted by Crippen LogP contribution is 2.19. The van der Waals surface area contributed by atoms with Gasteiger partial charge in [-0.2, -0.15) is 0 Å². The summed E-state index contributed by atoms with van der Waals surface area (Å²) in [6.07, 6.45) is 5.47. The quantitative estimate of drug-likeness (QED) is 0.518. The Balaban J connectivity index is 3.78. The molecular weight excluding hydrogens is 175 g/mol. The van der Waals surface area contributed by atoms with Crippen LogP contribution in [0.4, 0.5) is 0 Å². The van der Waals surface area contributed by atoms with Gasteiger partial charge in [0.05, 0.1) is 0 Å². The fraction of sp³-hybridized carbons (Fsp3) is 0.750. The molecular formula is C8H16O3P+. The normalized spacial score (nSPS) is 12.9. The van der Waals surface area contributed by atoms with Crippen molar-refractivity contribution in [3.63, 3.8) is 0 Å². The molecule has 0 radical (unpaired) electrons. The number of hydrogen-bond acceptors (Lipinski definition) is 2. The molecule has 0 amide bonds. The van der Waals surface area contributed by atoms with E-state index in [0.717, 1.165) is 31.3 Å². The van der Waals surface area contributed by atoms with E-state index < -0.39 is 8.25 Å². The molecule has 0 aliphatic rings. The van der Waals surface area contributed by atoms with Crippen LogP contribution in [-0.2, 0) is 9.09 Å². The van der Waals surface area contributed by atoms with Crippen LogP contribution in [0.2, 0.25) is 0 Å². The second-order valence-electron chi connectivity index (χ2n) is 2.58. The molecule has 0 heterocycles. The van der Waals surface area contributed by atoms with Crippen LogP contribution >= 0.6 is 8.25 Å². The third kappa shape index (κ3) is 6.32. The number of allylic oxidation sites excluding steroid dienone is 1. The van der Waals surface area contributed by atoms with Crippen LogP contribution in [0, 0.1) is 0 Å². The van der Waals surface area contributed by atoms with Gasteiger partial charge in [0.15, 0.2) is 6.26 Å². The Kier molecular flexibility index (Phi) is 7.02. The van der Waals surface area contributed by atoms with E-state index in [2.05, 4.69) is 11.4 Å². The van der Waals surface area contributed by atoms with Gasteiger partial charge in [-0.05, 0) is 24.8 Å². The minimum atomic E-state index is -2.48. The molecule has 0 aliphatic carbocycles. The highest BCUT2D eigenvalue weighted by molar-refractivity contribution is 7.32. The summed E-state index contributed by atoms with van der Waals surface area (Å²) in [5.74, 6) is 0. The van der Waals surface area contributed by atoms with Crippen molar-refractivity contribution in [3.8, 4) is 0 Å². The van der Waals surface area contributed by atoms with E-state index in [1.807, 2.05) is 6.92 Å². The van der Waals surface area contributed by atoms with Gasteiger partial charge in [-0.3, -0.25) is 0 Å². The standard InChI is InChI=1S/C8H15O3P/c1-3-5-6-8(4-2)7-11-12(9)10/h7H,3-6H2,1-2H3/p+1. The van der Waals surface area contributed by atoms with Gasteiger partial charge in [-0.15, -0.1) is 4.89 Å². The van der Waals surface area contributed by atoms with Crippen LogP contribution in [0.25, 0.3) is 0 Å². The maximum absolute atomic E-state index is 10.2. The molecule has 0 aromatic rings. The molecule has 0 aromatic carbocycles. The predicted octanol–water partition coefficient (Wildman–Crippen LogP) is 3.14. The molecule has 0 aromatic heterocycles. The van der Waals surface area contributed by atoms with E-state index in [9.17, 15) is 4.57 Å². The minimum absolute atomic E-state index is 0.878. The van der Waals surface area contributed by atoms with Crippen molar-refractivity contribution in [2.24, 2.45) is 0 Å². The maximum Gasteiger partial charge on any atom is 0.746 e. The maximum atomic E-state index is 10.2. The van der Waals surface area contributed by atoms with Gasteiger partial charge >= 0.3 is 8.25 Å². The van der Waals surface area contributed by atoms with E-state index in [1.54, 1.807) is 0 Å². The molecule has 0 aliphatic heterocycles. The average Bonchev–Trinajstić information content (AvgIpc) is 2.05. The molecule has 12 heavy (non-hydrogen) atoms. The van der Waals surface area contributed by atoms with Crippen molar-refractivity contribution in [1.29, 1.82) is 0 Å². The Bertz CT molecular complexity index is 166. The molecule has 70 valence electrons. The molecule has 0 saturated heterocycles. The van der Waals surface area contributed by atoms with E-state index in [0.29, 0.717) is 0 Å². The smallest absolute Gasteiger partial charge is 0.237 e. The summed E-state index contributed by atoms with van der Waals surface area (Å²) in [5.41, 5.74) is 1.09. The summed E-state index contributed by atoms with van der Waals surface area (Å²) in [6, 6.07) is 0. The van der Waals surface area contributed by atoms with Crippen molar-refractivity contribution in [3.05, 3.63) is 11.8 Å². The third-order valence-electron chi connectivity index (χ3n) is 1.62. The van der Waals surface area contributed by atoms with Gasteiger partial charge in [0.1, 0.15) is 0 Å². The Morgan fingerprint density at radius 1 is 1.58 bits per heavy atom. The molecule has 0 spiro atoms. The minimum Gasteiger partial charge on any atom is -0.237 e. The Labute approximate surface area is 74.4 Å². The van der Waals surface area contributed by atoms with Gasteiger partial charge in [0.25, 0.3) is 0 Å². The highest BCUT2D eigenvalue weighted by Gasteiger charge is 2.09. The zero-order valence-electron chi connectivity index (χ0n) is 7.62. The highest BCUT2D eigenvalue weighted by atomic mass is 31.1. The summed E-state index contributed by atoms with van der Waals surface area (Å²) in [5, 5.41) is 0. The Hall–Kier alpha value is -0.400. The second-order valence-corrected chi connectivity index (χ2v) is 3.26. The van der Waals surface area contributed by atoms with E-state index in [4.69, 9.17) is 4.89 Å². The van der Waals surface area contributed by atoms with Crippen molar-refractivity contribution in [1.82, 2.24) is 0 Å². The molecule has 0 fully saturated rings. The summed E-state index contributed by atoms with van der Waals surface area (Å²) in [7, 11) is -2.48. The summed E-state index contributed by atoms with van der Waals surface area (Å²) in [4.78, 5) is 8.36. The first-order chi connectivity index (χ1) is 5.70. The molecule has 0 bridgehead atoms. The monoisotopic (exact) mass is 191 g/mol.